The van der Waals surface area contributed by atoms with Crippen LogP contribution in [0, 0.1) is 5.92 Å². The number of piperidine rings is 1. The number of hydrogen-bond acceptors (Lipinski definition) is 6. The van der Waals surface area contributed by atoms with E-state index in [1.54, 1.807) is 20.2 Å². The largest absolute Gasteiger partial charge is 0.365 e. The van der Waals surface area contributed by atoms with Crippen LogP contribution < -0.4 is 9.62 Å². The molecule has 2 fully saturated rings. The topological polar surface area (TPSA) is 52.7 Å². The van der Waals surface area contributed by atoms with E-state index in [2.05, 4.69) is 9.62 Å². The number of halogens is 1. The van der Waals surface area contributed by atoms with Crippen LogP contribution in [0.3, 0.4) is 0 Å². The highest BCUT2D eigenvalue weighted by Gasteiger charge is 2.39. The molecule has 1 N–H and O–H groups in total. The fourth-order valence-corrected chi connectivity index (χ4v) is 7.59. The summed E-state index contributed by atoms with van der Waals surface area (Å²) >= 11 is 9.24. The number of anilines is 2. The van der Waals surface area contributed by atoms with Gasteiger partial charge in [0.15, 0.2) is 0 Å². The summed E-state index contributed by atoms with van der Waals surface area (Å²) in [5, 5.41) is 0.759. The van der Waals surface area contributed by atoms with E-state index in [9.17, 15) is 8.42 Å². The lowest BCUT2D eigenvalue weighted by Gasteiger charge is -2.31. The highest BCUT2D eigenvalue weighted by molar-refractivity contribution is 8.02. The summed E-state index contributed by atoms with van der Waals surface area (Å²) in [6.45, 7) is 1.07. The van der Waals surface area contributed by atoms with Gasteiger partial charge in [-0.2, -0.15) is 0 Å². The fraction of sp³-hybridized carbons (Fsp3) is 0.444. The number of sulfonamides is 1. The Balaban J connectivity index is 1.53. The second-order valence-corrected chi connectivity index (χ2v) is 12.2. The van der Waals surface area contributed by atoms with Crippen LogP contribution >= 0.6 is 34.9 Å². The molecule has 1 aliphatic heterocycles. The van der Waals surface area contributed by atoms with E-state index in [0.717, 1.165) is 33.1 Å². The highest BCUT2D eigenvalue weighted by Crippen LogP contribution is 2.46. The molecular formula is C18H22ClN3O2S3. The molecule has 2 heterocycles. The number of nitrogens with one attached hydrogen (secondary N) is 1. The zero-order chi connectivity index (χ0) is 19.2. The van der Waals surface area contributed by atoms with Gasteiger partial charge in [0, 0.05) is 26.7 Å². The van der Waals surface area contributed by atoms with Gasteiger partial charge >= 0.3 is 0 Å². The van der Waals surface area contributed by atoms with Gasteiger partial charge in [-0.05, 0) is 61.4 Å². The lowest BCUT2D eigenvalue weighted by atomic mass is 10.1. The van der Waals surface area contributed by atoms with Crippen molar-refractivity contribution in [2.24, 2.45) is 5.92 Å². The van der Waals surface area contributed by atoms with Gasteiger partial charge in [-0.15, -0.1) is 11.3 Å². The fourth-order valence-electron chi connectivity index (χ4n) is 3.87. The molecule has 1 aromatic heterocycles. The van der Waals surface area contributed by atoms with E-state index in [0.29, 0.717) is 10.3 Å². The Morgan fingerprint density at radius 2 is 2.07 bits per heavy atom. The Labute approximate surface area is 173 Å². The summed E-state index contributed by atoms with van der Waals surface area (Å²) in [6, 6.07) is 9.98. The van der Waals surface area contributed by atoms with Crippen LogP contribution in [0.4, 0.5) is 11.4 Å². The lowest BCUT2D eigenvalue weighted by molar-refractivity contribution is 0.523. The summed E-state index contributed by atoms with van der Waals surface area (Å²) in [5.74, 6) is 0.780. The molecule has 2 atom stereocenters. The SMILES string of the molecule is CN(C)S(=O)(=O)c1ccc(SNc2cccc(Cl)c2N2CC3CCC2C3)s1. The summed E-state index contributed by atoms with van der Waals surface area (Å²) in [4.78, 5) is 2.44. The van der Waals surface area contributed by atoms with E-state index in [1.807, 2.05) is 24.3 Å². The van der Waals surface area contributed by atoms with Gasteiger partial charge in [-0.3, -0.25) is 0 Å². The van der Waals surface area contributed by atoms with Crippen molar-refractivity contribution < 1.29 is 8.42 Å². The van der Waals surface area contributed by atoms with Gasteiger partial charge in [-0.1, -0.05) is 17.7 Å². The van der Waals surface area contributed by atoms with E-state index in [-0.39, 0.29) is 0 Å². The number of fused-ring (bicyclic) bond motifs is 2. The normalized spacial score (nSPS) is 22.0. The van der Waals surface area contributed by atoms with E-state index >= 15 is 0 Å². The zero-order valence-corrected chi connectivity index (χ0v) is 18.4. The van der Waals surface area contributed by atoms with Gasteiger partial charge in [0.25, 0.3) is 10.0 Å². The Morgan fingerprint density at radius 1 is 1.26 bits per heavy atom. The van der Waals surface area contributed by atoms with Gasteiger partial charge < -0.3 is 9.62 Å². The molecular weight excluding hydrogens is 422 g/mol. The third-order valence-corrected chi connectivity index (χ3v) is 9.86. The second-order valence-electron chi connectivity index (χ2n) is 7.19. The molecule has 1 aliphatic carbocycles. The Morgan fingerprint density at radius 3 is 2.74 bits per heavy atom. The molecule has 4 rings (SSSR count). The van der Waals surface area contributed by atoms with E-state index in [1.165, 1.54) is 46.9 Å². The first-order valence-electron chi connectivity index (χ1n) is 8.86. The number of hydrogen-bond donors (Lipinski definition) is 1. The molecule has 0 amide bonds. The predicted octanol–water partition coefficient (Wildman–Crippen LogP) is 4.76. The lowest BCUT2D eigenvalue weighted by Crippen LogP contribution is -2.32. The van der Waals surface area contributed by atoms with Crippen LogP contribution in [0.2, 0.25) is 5.02 Å². The highest BCUT2D eigenvalue weighted by atomic mass is 35.5. The van der Waals surface area contributed by atoms with Gasteiger partial charge in [0.05, 0.1) is 20.6 Å². The van der Waals surface area contributed by atoms with Crippen molar-refractivity contribution in [1.29, 1.82) is 0 Å². The van der Waals surface area contributed by atoms with Crippen molar-refractivity contribution in [1.82, 2.24) is 4.31 Å². The quantitative estimate of drug-likeness (QED) is 0.652. The maximum atomic E-state index is 12.2. The summed E-state index contributed by atoms with van der Waals surface area (Å²) in [6.07, 6.45) is 3.81. The Bertz CT molecular complexity index is 945. The molecule has 27 heavy (non-hydrogen) atoms. The molecule has 0 radical (unpaired) electrons. The molecule has 2 aliphatic rings. The van der Waals surface area contributed by atoms with E-state index < -0.39 is 10.0 Å². The van der Waals surface area contributed by atoms with Crippen molar-refractivity contribution in [2.75, 3.05) is 30.3 Å². The smallest absolute Gasteiger partial charge is 0.252 e. The number of para-hydroxylation sites is 1. The van der Waals surface area contributed by atoms with Gasteiger partial charge in [-0.25, -0.2) is 12.7 Å². The molecule has 5 nitrogen and oxygen atoms in total. The Hall–Kier alpha value is -0.930. The number of nitrogens with zero attached hydrogens (tertiary/aromatic N) is 2. The van der Waals surface area contributed by atoms with Crippen LogP contribution in [-0.2, 0) is 10.0 Å². The van der Waals surface area contributed by atoms with Gasteiger partial charge in [0.2, 0.25) is 0 Å². The molecule has 2 unspecified atom stereocenters. The van der Waals surface area contributed by atoms with Crippen molar-refractivity contribution >= 4 is 56.3 Å². The standard InChI is InChI=1S/C18H22ClN3O2S3/c1-21(2)27(23,24)17-9-8-16(25-17)26-20-15-5-3-4-14(19)18(15)22-11-12-6-7-13(22)10-12/h3-5,8-9,12-13,20H,6-7,10-11H2,1-2H3. The third kappa shape index (κ3) is 3.70. The first kappa shape index (κ1) is 19.4. The summed E-state index contributed by atoms with van der Waals surface area (Å²) in [5.41, 5.74) is 2.04. The molecule has 1 saturated heterocycles. The van der Waals surface area contributed by atoms with Crippen LogP contribution in [0.15, 0.2) is 38.8 Å². The number of rotatable bonds is 6. The van der Waals surface area contributed by atoms with Crippen molar-refractivity contribution in [3.05, 3.63) is 35.4 Å². The minimum absolute atomic E-state index is 0.347. The molecule has 146 valence electrons. The molecule has 1 aromatic carbocycles. The first-order valence-corrected chi connectivity index (χ1v) is 12.3. The van der Waals surface area contributed by atoms with Crippen LogP contribution in [-0.4, -0.2) is 39.4 Å². The zero-order valence-electron chi connectivity index (χ0n) is 15.2. The van der Waals surface area contributed by atoms with Gasteiger partial charge in [0.1, 0.15) is 4.21 Å². The Kier molecular flexibility index (Phi) is 5.37. The molecule has 9 heteroatoms. The minimum Gasteiger partial charge on any atom is -0.365 e. The van der Waals surface area contributed by atoms with Crippen LogP contribution in [0.25, 0.3) is 0 Å². The molecule has 1 saturated carbocycles. The minimum atomic E-state index is -3.39. The van der Waals surface area contributed by atoms with Crippen molar-refractivity contribution in [2.45, 2.75) is 33.7 Å². The first-order chi connectivity index (χ1) is 12.9. The van der Waals surface area contributed by atoms with Crippen LogP contribution in [0.1, 0.15) is 19.3 Å². The average molecular weight is 444 g/mol. The monoisotopic (exact) mass is 443 g/mol. The molecule has 2 bridgehead atoms. The number of benzene rings is 1. The second kappa shape index (κ2) is 7.48. The van der Waals surface area contributed by atoms with Crippen molar-refractivity contribution in [3.63, 3.8) is 0 Å². The summed E-state index contributed by atoms with van der Waals surface area (Å²) < 4.78 is 30.4. The number of thiophene rings is 1. The van der Waals surface area contributed by atoms with E-state index in [4.69, 9.17) is 11.6 Å². The average Bonchev–Trinajstić information content (AvgIpc) is 3.36. The molecule has 0 spiro atoms. The maximum Gasteiger partial charge on any atom is 0.252 e. The third-order valence-electron chi connectivity index (χ3n) is 5.24. The summed E-state index contributed by atoms with van der Waals surface area (Å²) in [7, 11) is -0.304. The van der Waals surface area contributed by atoms with Crippen LogP contribution in [0.5, 0.6) is 0 Å². The molecule has 2 aromatic rings. The maximum absolute atomic E-state index is 12.2. The van der Waals surface area contributed by atoms with Crippen molar-refractivity contribution in [3.8, 4) is 0 Å². The predicted molar refractivity (Wildman–Crippen MR) is 115 cm³/mol.